The fourth-order valence-electron chi connectivity index (χ4n) is 11.0. The predicted octanol–water partition coefficient (Wildman–Crippen LogP) is 17.6. The Labute approximate surface area is 392 Å². The molecule has 0 radical (unpaired) electrons. The fourth-order valence-corrected chi connectivity index (χ4v) is 11.0. The van der Waals surface area contributed by atoms with E-state index in [1.165, 1.54) is 43.9 Å². The smallest absolute Gasteiger partial charge is 0.143 e. The first-order valence-corrected chi connectivity index (χ1v) is 23.4. The summed E-state index contributed by atoms with van der Waals surface area (Å²) in [6.45, 7) is 0. The molecule has 1 unspecified atom stereocenters. The van der Waals surface area contributed by atoms with Gasteiger partial charge in [-0.3, -0.25) is 0 Å². The van der Waals surface area contributed by atoms with Crippen molar-refractivity contribution in [3.63, 3.8) is 0 Å². The van der Waals surface area contributed by atoms with Crippen LogP contribution in [0.15, 0.2) is 245 Å². The lowest BCUT2D eigenvalue weighted by atomic mass is 9.93. The van der Waals surface area contributed by atoms with Crippen molar-refractivity contribution in [2.75, 3.05) is 4.90 Å². The summed E-state index contributed by atoms with van der Waals surface area (Å²) in [6.07, 6.45) is 7.88. The predicted molar refractivity (Wildman–Crippen MR) is 284 cm³/mol. The molecule has 0 fully saturated rings. The molecule has 0 saturated heterocycles. The SMILES string of the molecule is C1=CC(N(c2ccc(-c3ccccc3-n3c4ccccc4c4ccccc43)cc2)c2ccccc2-c2cccc3c2oc2c4ccccc4ccc32)CC=C1c1ccc2oc3ccccc3c2c1. The van der Waals surface area contributed by atoms with E-state index in [0.717, 1.165) is 89.4 Å². The molecule has 4 heteroatoms. The standard InChI is InChI=1S/C64H42N2O2/c1-2-16-48-42(14-1)32-38-55-54-22-13-21-53(64(54)68-63(48)55)51-19-6-9-24-58(51)65(45-34-28-41(29-35-45)44-33-39-62-56(40-44)52-20-7-12-27-61(52)67-62)46-36-30-43(31-37-46)47-15-3-8-23-57(47)66-59-25-10-4-17-49(59)50-18-5-11-26-60(50)66/h1-34,36-40,45H,35H2. The zero-order valence-corrected chi connectivity index (χ0v) is 37.0. The number of furan rings is 2. The maximum atomic E-state index is 6.96. The summed E-state index contributed by atoms with van der Waals surface area (Å²) in [4.78, 5) is 2.52. The van der Waals surface area contributed by atoms with Crippen molar-refractivity contribution in [2.45, 2.75) is 12.5 Å². The number of para-hydroxylation sites is 6. The van der Waals surface area contributed by atoms with Crippen LogP contribution in [0.4, 0.5) is 11.4 Å². The summed E-state index contributed by atoms with van der Waals surface area (Å²) in [5.41, 5.74) is 16.3. The van der Waals surface area contributed by atoms with Gasteiger partial charge in [0.25, 0.3) is 0 Å². The molecule has 3 heterocycles. The van der Waals surface area contributed by atoms with E-state index >= 15 is 0 Å². The molecule has 10 aromatic carbocycles. The Hall–Kier alpha value is -8.86. The maximum absolute atomic E-state index is 6.96. The molecule has 4 nitrogen and oxygen atoms in total. The molecule has 0 spiro atoms. The van der Waals surface area contributed by atoms with Crippen molar-refractivity contribution in [1.29, 1.82) is 0 Å². The number of rotatable bonds is 7. The Kier molecular flexibility index (Phi) is 8.68. The summed E-state index contributed by atoms with van der Waals surface area (Å²) in [5.74, 6) is 0. The first kappa shape index (κ1) is 38.4. The van der Waals surface area contributed by atoms with Gasteiger partial charge in [-0.1, -0.05) is 176 Å². The van der Waals surface area contributed by atoms with E-state index in [0.29, 0.717) is 0 Å². The van der Waals surface area contributed by atoms with Gasteiger partial charge in [0.2, 0.25) is 0 Å². The van der Waals surface area contributed by atoms with Crippen LogP contribution < -0.4 is 4.90 Å². The molecule has 1 atom stereocenters. The van der Waals surface area contributed by atoms with Crippen LogP contribution >= 0.6 is 0 Å². The van der Waals surface area contributed by atoms with Gasteiger partial charge in [0.15, 0.2) is 0 Å². The van der Waals surface area contributed by atoms with E-state index in [4.69, 9.17) is 8.83 Å². The van der Waals surface area contributed by atoms with Gasteiger partial charge in [0, 0.05) is 65.8 Å². The van der Waals surface area contributed by atoms with Crippen LogP contribution in [0.3, 0.4) is 0 Å². The summed E-state index contributed by atoms with van der Waals surface area (Å²) in [7, 11) is 0. The van der Waals surface area contributed by atoms with Gasteiger partial charge in [-0.2, -0.15) is 0 Å². The lowest BCUT2D eigenvalue weighted by Crippen LogP contribution is -2.30. The maximum Gasteiger partial charge on any atom is 0.143 e. The number of hydrogen-bond donors (Lipinski definition) is 0. The van der Waals surface area contributed by atoms with E-state index < -0.39 is 0 Å². The van der Waals surface area contributed by atoms with E-state index in [-0.39, 0.29) is 6.04 Å². The molecule has 0 aliphatic heterocycles. The third-order valence-electron chi connectivity index (χ3n) is 14.1. The van der Waals surface area contributed by atoms with E-state index in [1.807, 2.05) is 12.1 Å². The molecule has 320 valence electrons. The van der Waals surface area contributed by atoms with Crippen LogP contribution in [-0.4, -0.2) is 10.6 Å². The van der Waals surface area contributed by atoms with Crippen molar-refractivity contribution >= 4 is 93.4 Å². The van der Waals surface area contributed by atoms with Crippen LogP contribution in [0, 0.1) is 0 Å². The van der Waals surface area contributed by atoms with Gasteiger partial charge < -0.3 is 18.3 Å². The second-order valence-corrected chi connectivity index (χ2v) is 17.9. The van der Waals surface area contributed by atoms with Gasteiger partial charge in [-0.05, 0) is 89.2 Å². The number of aromatic nitrogens is 1. The van der Waals surface area contributed by atoms with E-state index in [2.05, 4.69) is 234 Å². The largest absolute Gasteiger partial charge is 0.456 e. The molecule has 68 heavy (non-hydrogen) atoms. The Bertz CT molecular complexity index is 4150. The van der Waals surface area contributed by atoms with Crippen molar-refractivity contribution in [3.8, 4) is 27.9 Å². The quantitative estimate of drug-likeness (QED) is 0.160. The average molecular weight is 871 g/mol. The second kappa shape index (κ2) is 15.4. The number of anilines is 2. The Morgan fingerprint density at radius 3 is 1.87 bits per heavy atom. The summed E-state index contributed by atoms with van der Waals surface area (Å²) < 4.78 is 15.6. The first-order chi connectivity index (χ1) is 33.7. The monoisotopic (exact) mass is 870 g/mol. The summed E-state index contributed by atoms with van der Waals surface area (Å²) in [5, 5.41) is 9.31. The van der Waals surface area contributed by atoms with E-state index in [1.54, 1.807) is 0 Å². The molecule has 0 saturated carbocycles. The van der Waals surface area contributed by atoms with Gasteiger partial charge in [-0.15, -0.1) is 0 Å². The van der Waals surface area contributed by atoms with Crippen LogP contribution in [0.1, 0.15) is 12.0 Å². The summed E-state index contributed by atoms with van der Waals surface area (Å²) in [6, 6.07) is 78.6. The zero-order valence-electron chi connectivity index (χ0n) is 37.0. The highest BCUT2D eigenvalue weighted by Crippen LogP contribution is 2.45. The molecule has 0 N–H and O–H groups in total. The Morgan fingerprint density at radius 2 is 1.06 bits per heavy atom. The normalized spacial score (nSPS) is 14.0. The number of hydrogen-bond acceptors (Lipinski definition) is 3. The van der Waals surface area contributed by atoms with Crippen LogP contribution in [0.5, 0.6) is 0 Å². The highest BCUT2D eigenvalue weighted by molar-refractivity contribution is 6.18. The number of allylic oxidation sites excluding steroid dienone is 2. The lowest BCUT2D eigenvalue weighted by Gasteiger charge is -2.35. The minimum Gasteiger partial charge on any atom is -0.456 e. The molecule has 1 aliphatic carbocycles. The molecular weight excluding hydrogens is 829 g/mol. The Balaban J connectivity index is 0.901. The first-order valence-electron chi connectivity index (χ1n) is 23.4. The molecule has 1 aliphatic rings. The van der Waals surface area contributed by atoms with Gasteiger partial charge >= 0.3 is 0 Å². The molecule has 0 amide bonds. The molecular formula is C64H42N2O2. The number of benzene rings is 10. The third kappa shape index (κ3) is 6.01. The van der Waals surface area contributed by atoms with E-state index in [9.17, 15) is 0 Å². The topological polar surface area (TPSA) is 34.5 Å². The van der Waals surface area contributed by atoms with Gasteiger partial charge in [0.05, 0.1) is 22.8 Å². The molecule has 0 bridgehead atoms. The summed E-state index contributed by atoms with van der Waals surface area (Å²) >= 11 is 0. The second-order valence-electron chi connectivity index (χ2n) is 17.9. The minimum atomic E-state index is 0.0212. The lowest BCUT2D eigenvalue weighted by molar-refractivity contribution is 0.669. The van der Waals surface area contributed by atoms with Crippen LogP contribution in [0.2, 0.25) is 0 Å². The number of fused-ring (bicyclic) bond motifs is 11. The van der Waals surface area contributed by atoms with Gasteiger partial charge in [-0.25, -0.2) is 0 Å². The van der Waals surface area contributed by atoms with Crippen molar-refractivity contribution in [3.05, 3.63) is 242 Å². The van der Waals surface area contributed by atoms with Crippen molar-refractivity contribution in [1.82, 2.24) is 4.57 Å². The molecule has 13 aromatic rings. The molecule has 14 rings (SSSR count). The third-order valence-corrected chi connectivity index (χ3v) is 14.1. The zero-order chi connectivity index (χ0) is 44.7. The highest BCUT2D eigenvalue weighted by atomic mass is 16.3. The van der Waals surface area contributed by atoms with Crippen LogP contribution in [0.25, 0.3) is 110 Å². The minimum absolute atomic E-state index is 0.0212. The molecule has 3 aromatic heterocycles. The van der Waals surface area contributed by atoms with Crippen LogP contribution in [-0.2, 0) is 0 Å². The van der Waals surface area contributed by atoms with Gasteiger partial charge in [0.1, 0.15) is 22.3 Å². The van der Waals surface area contributed by atoms with Crippen molar-refractivity contribution in [2.24, 2.45) is 0 Å². The number of nitrogens with zero attached hydrogens (tertiary/aromatic N) is 2. The fraction of sp³-hybridized carbons (Fsp3) is 0.0312. The highest BCUT2D eigenvalue weighted by Gasteiger charge is 2.26. The average Bonchev–Trinajstić information content (AvgIpc) is 4.09. The van der Waals surface area contributed by atoms with Crippen molar-refractivity contribution < 1.29 is 8.83 Å². The Morgan fingerprint density at radius 1 is 0.426 bits per heavy atom.